The van der Waals surface area contributed by atoms with Crippen LogP contribution in [-0.4, -0.2) is 34.3 Å². The van der Waals surface area contributed by atoms with E-state index in [1.54, 1.807) is 29.2 Å². The molecular weight excluding hydrogens is 361 g/mol. The van der Waals surface area contributed by atoms with E-state index in [1.165, 1.54) is 0 Å². The molecule has 2 amide bonds. The minimum absolute atomic E-state index is 0.239. The Balaban J connectivity index is 1.77. The van der Waals surface area contributed by atoms with Crippen LogP contribution in [0.4, 0.5) is 5.82 Å². The standard InChI is InChI=1S/C18H17Cl2N3O2/c1-11-4-2-6-16(21-11)22-17(24)15-5-3-7-23(15)18(25)12-8-13(19)10-14(20)9-12/h2,4,6,8-10,15H,3,5,7H2,1H3,(H,21,22,24)/t15-/m1/s1. The van der Waals surface area contributed by atoms with Crippen molar-refractivity contribution in [3.8, 4) is 0 Å². The second-order valence-corrected chi connectivity index (χ2v) is 6.84. The Morgan fingerprint density at radius 3 is 2.60 bits per heavy atom. The van der Waals surface area contributed by atoms with E-state index in [0.717, 1.165) is 12.1 Å². The van der Waals surface area contributed by atoms with Gasteiger partial charge in [0.15, 0.2) is 0 Å². The van der Waals surface area contributed by atoms with Gasteiger partial charge in [0.25, 0.3) is 5.91 Å². The van der Waals surface area contributed by atoms with Crippen LogP contribution in [0.2, 0.25) is 10.0 Å². The molecule has 0 radical (unpaired) electrons. The van der Waals surface area contributed by atoms with Crippen LogP contribution in [0.3, 0.4) is 0 Å². The summed E-state index contributed by atoms with van der Waals surface area (Å²) in [7, 11) is 0. The first-order valence-electron chi connectivity index (χ1n) is 7.95. The highest BCUT2D eigenvalue weighted by atomic mass is 35.5. The summed E-state index contributed by atoms with van der Waals surface area (Å²) in [6, 6.07) is 9.55. The molecule has 1 aromatic heterocycles. The number of aryl methyl sites for hydroxylation is 1. The third kappa shape index (κ3) is 4.11. The quantitative estimate of drug-likeness (QED) is 0.880. The lowest BCUT2D eigenvalue weighted by Crippen LogP contribution is -2.43. The molecule has 7 heteroatoms. The molecule has 5 nitrogen and oxygen atoms in total. The Morgan fingerprint density at radius 1 is 1.20 bits per heavy atom. The first-order chi connectivity index (χ1) is 11.9. The highest BCUT2D eigenvalue weighted by Crippen LogP contribution is 2.25. The van der Waals surface area contributed by atoms with Crippen molar-refractivity contribution in [2.75, 3.05) is 11.9 Å². The van der Waals surface area contributed by atoms with Crippen molar-refractivity contribution < 1.29 is 9.59 Å². The topological polar surface area (TPSA) is 62.3 Å². The fourth-order valence-electron chi connectivity index (χ4n) is 2.95. The van der Waals surface area contributed by atoms with Gasteiger partial charge in [-0.25, -0.2) is 4.98 Å². The summed E-state index contributed by atoms with van der Waals surface area (Å²) in [6.45, 7) is 2.37. The highest BCUT2D eigenvalue weighted by molar-refractivity contribution is 6.35. The minimum Gasteiger partial charge on any atom is -0.327 e. The predicted octanol–water partition coefficient (Wildman–Crippen LogP) is 3.94. The van der Waals surface area contributed by atoms with Gasteiger partial charge in [0.2, 0.25) is 5.91 Å². The van der Waals surface area contributed by atoms with Crippen LogP contribution in [0.1, 0.15) is 28.9 Å². The molecule has 2 aromatic rings. The molecule has 0 saturated carbocycles. The second-order valence-electron chi connectivity index (χ2n) is 5.97. The van der Waals surface area contributed by atoms with Crippen molar-refractivity contribution in [3.63, 3.8) is 0 Å². The molecule has 130 valence electrons. The van der Waals surface area contributed by atoms with E-state index in [-0.39, 0.29) is 11.8 Å². The minimum atomic E-state index is -0.535. The van der Waals surface area contributed by atoms with Crippen molar-refractivity contribution in [2.24, 2.45) is 0 Å². The Labute approximate surface area is 155 Å². The maximum Gasteiger partial charge on any atom is 0.254 e. The molecule has 1 aliphatic rings. The SMILES string of the molecule is Cc1cccc(NC(=O)[C@H]2CCCN2C(=O)c2cc(Cl)cc(Cl)c2)n1. The number of halogens is 2. The lowest BCUT2D eigenvalue weighted by Gasteiger charge is -2.24. The van der Waals surface area contributed by atoms with Crippen LogP contribution >= 0.6 is 23.2 Å². The van der Waals surface area contributed by atoms with Crippen molar-refractivity contribution in [3.05, 3.63) is 57.7 Å². The van der Waals surface area contributed by atoms with E-state index in [0.29, 0.717) is 34.4 Å². The van der Waals surface area contributed by atoms with Gasteiger partial charge < -0.3 is 10.2 Å². The molecule has 2 heterocycles. The number of carbonyl (C=O) groups excluding carboxylic acids is 2. The van der Waals surface area contributed by atoms with Crippen LogP contribution in [0.25, 0.3) is 0 Å². The summed E-state index contributed by atoms with van der Waals surface area (Å²) in [5.41, 5.74) is 1.19. The summed E-state index contributed by atoms with van der Waals surface area (Å²) in [5.74, 6) is -0.00794. The first kappa shape index (κ1) is 17.7. The van der Waals surface area contributed by atoms with E-state index in [9.17, 15) is 9.59 Å². The van der Waals surface area contributed by atoms with E-state index < -0.39 is 6.04 Å². The number of pyridine rings is 1. The normalized spacial score (nSPS) is 16.8. The van der Waals surface area contributed by atoms with Crippen LogP contribution in [0, 0.1) is 6.92 Å². The Kier molecular flexibility index (Phi) is 5.25. The average molecular weight is 378 g/mol. The Bertz CT molecular complexity index is 805. The largest absolute Gasteiger partial charge is 0.327 e. The van der Waals surface area contributed by atoms with Gasteiger partial charge in [0.1, 0.15) is 11.9 Å². The maximum absolute atomic E-state index is 12.8. The Hall–Kier alpha value is -2.11. The van der Waals surface area contributed by atoms with Crippen molar-refractivity contribution >= 4 is 40.8 Å². The van der Waals surface area contributed by atoms with Gasteiger partial charge in [-0.05, 0) is 50.1 Å². The molecule has 0 bridgehead atoms. The molecule has 25 heavy (non-hydrogen) atoms. The number of benzene rings is 1. The molecule has 0 aliphatic carbocycles. The van der Waals surface area contributed by atoms with Gasteiger partial charge in [-0.3, -0.25) is 9.59 Å². The average Bonchev–Trinajstić information content (AvgIpc) is 3.03. The number of hydrogen-bond acceptors (Lipinski definition) is 3. The third-order valence-corrected chi connectivity index (χ3v) is 4.50. The number of rotatable bonds is 3. The van der Waals surface area contributed by atoms with E-state index in [2.05, 4.69) is 10.3 Å². The fourth-order valence-corrected chi connectivity index (χ4v) is 3.47. The number of nitrogens with one attached hydrogen (secondary N) is 1. The zero-order valence-corrected chi connectivity index (χ0v) is 15.1. The lowest BCUT2D eigenvalue weighted by molar-refractivity contribution is -0.119. The molecule has 1 N–H and O–H groups in total. The van der Waals surface area contributed by atoms with Gasteiger partial charge in [-0.2, -0.15) is 0 Å². The fraction of sp³-hybridized carbons (Fsp3) is 0.278. The van der Waals surface area contributed by atoms with E-state index >= 15 is 0 Å². The number of aromatic nitrogens is 1. The zero-order valence-electron chi connectivity index (χ0n) is 13.6. The monoisotopic (exact) mass is 377 g/mol. The van der Waals surface area contributed by atoms with Crippen molar-refractivity contribution in [2.45, 2.75) is 25.8 Å². The molecule has 1 fully saturated rings. The number of anilines is 1. The van der Waals surface area contributed by atoms with Crippen LogP contribution in [0.5, 0.6) is 0 Å². The predicted molar refractivity (Wildman–Crippen MR) is 98.1 cm³/mol. The van der Waals surface area contributed by atoms with Crippen LogP contribution in [-0.2, 0) is 4.79 Å². The first-order valence-corrected chi connectivity index (χ1v) is 8.71. The molecular formula is C18H17Cl2N3O2. The molecule has 1 saturated heterocycles. The van der Waals surface area contributed by atoms with Crippen molar-refractivity contribution in [1.29, 1.82) is 0 Å². The van der Waals surface area contributed by atoms with Gasteiger partial charge in [-0.15, -0.1) is 0 Å². The molecule has 0 unspecified atom stereocenters. The number of amides is 2. The van der Waals surface area contributed by atoms with Gasteiger partial charge in [0.05, 0.1) is 0 Å². The smallest absolute Gasteiger partial charge is 0.254 e. The molecule has 3 rings (SSSR count). The summed E-state index contributed by atoms with van der Waals surface area (Å²) in [5, 5.41) is 3.57. The molecule has 1 aliphatic heterocycles. The molecule has 1 atom stereocenters. The molecule has 1 aromatic carbocycles. The summed E-state index contributed by atoms with van der Waals surface area (Å²) in [4.78, 5) is 31.2. The van der Waals surface area contributed by atoms with Gasteiger partial charge >= 0.3 is 0 Å². The maximum atomic E-state index is 12.8. The summed E-state index contributed by atoms with van der Waals surface area (Å²) in [6.07, 6.45) is 1.37. The second kappa shape index (κ2) is 7.42. The molecule has 0 spiro atoms. The summed E-state index contributed by atoms with van der Waals surface area (Å²) >= 11 is 12.0. The zero-order chi connectivity index (χ0) is 18.0. The lowest BCUT2D eigenvalue weighted by atomic mass is 10.1. The van der Waals surface area contributed by atoms with Gasteiger partial charge in [0, 0.05) is 27.8 Å². The number of hydrogen-bond donors (Lipinski definition) is 1. The Morgan fingerprint density at radius 2 is 1.92 bits per heavy atom. The summed E-state index contributed by atoms with van der Waals surface area (Å²) < 4.78 is 0. The van der Waals surface area contributed by atoms with E-state index in [1.807, 2.05) is 19.1 Å². The number of nitrogens with zero attached hydrogens (tertiary/aromatic N) is 2. The number of carbonyl (C=O) groups is 2. The van der Waals surface area contributed by atoms with Crippen LogP contribution in [0.15, 0.2) is 36.4 Å². The van der Waals surface area contributed by atoms with E-state index in [4.69, 9.17) is 23.2 Å². The van der Waals surface area contributed by atoms with Gasteiger partial charge in [-0.1, -0.05) is 29.3 Å². The van der Waals surface area contributed by atoms with Crippen LogP contribution < -0.4 is 5.32 Å². The number of likely N-dealkylation sites (tertiary alicyclic amines) is 1. The van der Waals surface area contributed by atoms with Crippen molar-refractivity contribution in [1.82, 2.24) is 9.88 Å². The third-order valence-electron chi connectivity index (χ3n) is 4.07. The highest BCUT2D eigenvalue weighted by Gasteiger charge is 2.34.